The third kappa shape index (κ3) is 2.38. The molecule has 0 bridgehead atoms. The Morgan fingerprint density at radius 1 is 0.958 bits per heavy atom. The minimum atomic E-state index is -0.565. The summed E-state index contributed by atoms with van der Waals surface area (Å²) in [6, 6.07) is 5.38. The number of amides is 1. The number of rotatable bonds is 3. The number of thiazole rings is 1. The van der Waals surface area contributed by atoms with Crippen molar-refractivity contribution in [2.45, 2.75) is 0 Å². The molecule has 0 saturated heterocycles. The number of aromatic nitrogens is 5. The molecule has 2 N–H and O–H groups in total. The van der Waals surface area contributed by atoms with Crippen LogP contribution in [0.25, 0.3) is 32.3 Å². The highest BCUT2D eigenvalue weighted by atomic mass is 32.1. The summed E-state index contributed by atoms with van der Waals surface area (Å²) in [4.78, 5) is 33.9. The number of hydrogen-bond donors (Lipinski definition) is 1. The number of carbonyl (C=O) groups is 1. The molecule has 4 aromatic rings. The van der Waals surface area contributed by atoms with Crippen LogP contribution in [0, 0.1) is 0 Å². The van der Waals surface area contributed by atoms with Crippen LogP contribution >= 0.6 is 11.3 Å². The Morgan fingerprint density at radius 2 is 1.75 bits per heavy atom. The van der Waals surface area contributed by atoms with Gasteiger partial charge >= 0.3 is 0 Å². The maximum Gasteiger partial charge on any atom is 0.251 e. The second-order valence-corrected chi connectivity index (χ2v) is 5.86. The van der Waals surface area contributed by atoms with Crippen molar-refractivity contribution in [3.8, 4) is 21.8 Å². The highest BCUT2D eigenvalue weighted by Crippen LogP contribution is 2.33. The fourth-order valence-corrected chi connectivity index (χ4v) is 3.29. The SMILES string of the molecule is NC(=O)c1c(-c2ccncc2)ccnc1-c1nc2nccnc2s1. The fraction of sp³-hybridized carbons (Fsp3) is 0. The molecule has 7 nitrogen and oxygen atoms in total. The Balaban J connectivity index is 1.97. The van der Waals surface area contributed by atoms with E-state index in [0.717, 1.165) is 5.56 Å². The lowest BCUT2D eigenvalue weighted by atomic mass is 9.99. The van der Waals surface area contributed by atoms with Gasteiger partial charge in [0.25, 0.3) is 5.91 Å². The minimum Gasteiger partial charge on any atom is -0.366 e. The zero-order valence-corrected chi connectivity index (χ0v) is 13.1. The topological polar surface area (TPSA) is 108 Å². The van der Waals surface area contributed by atoms with Crippen molar-refractivity contribution in [3.05, 3.63) is 54.7 Å². The summed E-state index contributed by atoms with van der Waals surface area (Å²) >= 11 is 1.32. The van der Waals surface area contributed by atoms with Gasteiger partial charge in [-0.3, -0.25) is 14.8 Å². The smallest absolute Gasteiger partial charge is 0.251 e. The zero-order valence-electron chi connectivity index (χ0n) is 12.2. The van der Waals surface area contributed by atoms with Gasteiger partial charge in [-0.05, 0) is 29.3 Å². The Kier molecular flexibility index (Phi) is 3.43. The number of hydrogen-bond acceptors (Lipinski definition) is 7. The lowest BCUT2D eigenvalue weighted by molar-refractivity contribution is 0.100. The van der Waals surface area contributed by atoms with Gasteiger partial charge in [0.2, 0.25) is 0 Å². The van der Waals surface area contributed by atoms with E-state index in [4.69, 9.17) is 5.73 Å². The molecule has 0 atom stereocenters. The average Bonchev–Trinajstić information content (AvgIpc) is 3.06. The summed E-state index contributed by atoms with van der Waals surface area (Å²) < 4.78 is 0. The molecule has 0 spiro atoms. The highest BCUT2D eigenvalue weighted by molar-refractivity contribution is 7.21. The summed E-state index contributed by atoms with van der Waals surface area (Å²) in [5.74, 6) is -0.565. The van der Waals surface area contributed by atoms with E-state index >= 15 is 0 Å². The highest BCUT2D eigenvalue weighted by Gasteiger charge is 2.20. The molecular formula is C16H10N6OS. The molecule has 0 aromatic carbocycles. The summed E-state index contributed by atoms with van der Waals surface area (Å²) in [6.45, 7) is 0. The molecule has 4 aromatic heterocycles. The average molecular weight is 334 g/mol. The fourth-order valence-electron chi connectivity index (χ4n) is 2.42. The molecule has 4 heterocycles. The van der Waals surface area contributed by atoms with Gasteiger partial charge in [0.15, 0.2) is 10.5 Å². The molecule has 0 saturated carbocycles. The van der Waals surface area contributed by atoms with Gasteiger partial charge in [-0.15, -0.1) is 0 Å². The molecule has 1 amide bonds. The van der Waals surface area contributed by atoms with Crippen LogP contribution < -0.4 is 5.73 Å². The third-order valence-corrected chi connectivity index (χ3v) is 4.40. The van der Waals surface area contributed by atoms with Crippen molar-refractivity contribution < 1.29 is 4.79 Å². The summed E-state index contributed by atoms with van der Waals surface area (Å²) in [5.41, 5.74) is 8.43. The van der Waals surface area contributed by atoms with Crippen LogP contribution in [-0.4, -0.2) is 30.8 Å². The Morgan fingerprint density at radius 3 is 2.50 bits per heavy atom. The van der Waals surface area contributed by atoms with E-state index < -0.39 is 5.91 Å². The van der Waals surface area contributed by atoms with Crippen LogP contribution in [0.4, 0.5) is 0 Å². The normalized spacial score (nSPS) is 10.8. The quantitative estimate of drug-likeness (QED) is 0.616. The largest absolute Gasteiger partial charge is 0.366 e. The second-order valence-electron chi connectivity index (χ2n) is 4.89. The van der Waals surface area contributed by atoms with Crippen LogP contribution in [0.2, 0.25) is 0 Å². The molecular weight excluding hydrogens is 324 g/mol. The predicted molar refractivity (Wildman–Crippen MR) is 90.2 cm³/mol. The van der Waals surface area contributed by atoms with Gasteiger partial charge in [-0.25, -0.2) is 15.0 Å². The molecule has 0 aliphatic heterocycles. The number of carbonyl (C=O) groups excluding carboxylic acids is 1. The van der Waals surface area contributed by atoms with E-state index in [2.05, 4.69) is 24.9 Å². The molecule has 116 valence electrons. The van der Waals surface area contributed by atoms with E-state index in [9.17, 15) is 4.79 Å². The van der Waals surface area contributed by atoms with E-state index in [1.807, 2.05) is 12.1 Å². The van der Waals surface area contributed by atoms with E-state index in [1.54, 1.807) is 37.1 Å². The number of nitrogens with two attached hydrogens (primary N) is 1. The van der Waals surface area contributed by atoms with Crippen molar-refractivity contribution in [1.82, 2.24) is 24.9 Å². The third-order valence-electron chi connectivity index (χ3n) is 3.44. The summed E-state index contributed by atoms with van der Waals surface area (Å²) in [7, 11) is 0. The number of pyridine rings is 2. The van der Waals surface area contributed by atoms with E-state index in [0.29, 0.717) is 32.3 Å². The van der Waals surface area contributed by atoms with Gasteiger partial charge in [0.1, 0.15) is 10.7 Å². The molecule has 0 aliphatic carbocycles. The standard InChI is InChI=1S/C16H10N6OS/c17-13(23)11-10(9-1-4-18-5-2-9)3-6-19-12(11)15-22-14-16(24-15)21-8-7-20-14/h1-8H,(H2,17,23). The van der Waals surface area contributed by atoms with Crippen LogP contribution in [0.5, 0.6) is 0 Å². The molecule has 0 aliphatic rings. The van der Waals surface area contributed by atoms with Gasteiger partial charge in [0.05, 0.1) is 5.56 Å². The second kappa shape index (κ2) is 5.74. The van der Waals surface area contributed by atoms with Crippen molar-refractivity contribution in [2.75, 3.05) is 0 Å². The monoisotopic (exact) mass is 334 g/mol. The van der Waals surface area contributed by atoms with Crippen molar-refractivity contribution in [2.24, 2.45) is 5.73 Å². The van der Waals surface area contributed by atoms with Gasteiger partial charge in [-0.1, -0.05) is 11.3 Å². The Bertz CT molecular complexity index is 1010. The van der Waals surface area contributed by atoms with Crippen molar-refractivity contribution in [1.29, 1.82) is 0 Å². The predicted octanol–water partition coefficient (Wildman–Crippen LogP) is 2.31. The molecule has 8 heteroatoms. The first kappa shape index (κ1) is 14.3. The van der Waals surface area contributed by atoms with Crippen LogP contribution in [0.15, 0.2) is 49.2 Å². The van der Waals surface area contributed by atoms with Gasteiger partial charge < -0.3 is 5.73 Å². The first-order chi connectivity index (χ1) is 11.7. The Labute approximate surface area is 140 Å². The van der Waals surface area contributed by atoms with E-state index in [1.165, 1.54) is 11.3 Å². The molecule has 24 heavy (non-hydrogen) atoms. The molecule has 4 rings (SSSR count). The lowest BCUT2D eigenvalue weighted by Gasteiger charge is -2.09. The first-order valence-corrected chi connectivity index (χ1v) is 7.83. The van der Waals surface area contributed by atoms with Gasteiger partial charge in [-0.2, -0.15) is 0 Å². The maximum absolute atomic E-state index is 12.1. The van der Waals surface area contributed by atoms with Gasteiger partial charge in [0, 0.05) is 31.0 Å². The van der Waals surface area contributed by atoms with Crippen molar-refractivity contribution >= 4 is 27.7 Å². The zero-order chi connectivity index (χ0) is 16.5. The minimum absolute atomic E-state index is 0.322. The van der Waals surface area contributed by atoms with Crippen LogP contribution in [0.1, 0.15) is 10.4 Å². The van der Waals surface area contributed by atoms with Crippen LogP contribution in [0.3, 0.4) is 0 Å². The number of fused-ring (bicyclic) bond motifs is 1. The Hall–Kier alpha value is -3.26. The molecule has 0 unspecified atom stereocenters. The maximum atomic E-state index is 12.1. The number of primary amides is 1. The summed E-state index contributed by atoms with van der Waals surface area (Å²) in [5, 5.41) is 0.556. The molecule has 0 radical (unpaired) electrons. The first-order valence-electron chi connectivity index (χ1n) is 7.01. The summed E-state index contributed by atoms with van der Waals surface area (Å²) in [6.07, 6.45) is 8.11. The van der Waals surface area contributed by atoms with E-state index in [-0.39, 0.29) is 0 Å². The molecule has 0 fully saturated rings. The lowest BCUT2D eigenvalue weighted by Crippen LogP contribution is -2.15. The van der Waals surface area contributed by atoms with Crippen LogP contribution in [-0.2, 0) is 0 Å². The number of nitrogens with zero attached hydrogens (tertiary/aromatic N) is 5. The van der Waals surface area contributed by atoms with Crippen molar-refractivity contribution in [3.63, 3.8) is 0 Å².